The summed E-state index contributed by atoms with van der Waals surface area (Å²) in [5.41, 5.74) is 1.80. The molecule has 2 aromatic rings. The van der Waals surface area contributed by atoms with Crippen LogP contribution < -0.4 is 4.90 Å². The molecule has 1 aliphatic heterocycles. The summed E-state index contributed by atoms with van der Waals surface area (Å²) in [5.74, 6) is -0.198. The standard InChI is InChI=1S/C17H15NO3/c19-15-10-16(20)18(11-15)14-8-4-7-13(9-14)17(21)12-5-2-1-3-6-12/h1-9,15,19H,10-11H2. The molecule has 4 heteroatoms. The summed E-state index contributed by atoms with van der Waals surface area (Å²) < 4.78 is 0. The maximum absolute atomic E-state index is 12.4. The third-order valence-electron chi connectivity index (χ3n) is 3.56. The van der Waals surface area contributed by atoms with E-state index < -0.39 is 6.10 Å². The minimum absolute atomic E-state index is 0.0790. The Kier molecular flexibility index (Phi) is 3.54. The summed E-state index contributed by atoms with van der Waals surface area (Å²) in [5, 5.41) is 9.56. The van der Waals surface area contributed by atoms with E-state index in [-0.39, 0.29) is 24.7 Å². The molecule has 1 fully saturated rings. The zero-order valence-electron chi connectivity index (χ0n) is 11.4. The van der Waals surface area contributed by atoms with Crippen molar-refractivity contribution in [2.45, 2.75) is 12.5 Å². The predicted molar refractivity (Wildman–Crippen MR) is 79.3 cm³/mol. The van der Waals surface area contributed by atoms with Crippen molar-refractivity contribution in [3.8, 4) is 0 Å². The Labute approximate surface area is 122 Å². The molecule has 1 unspecified atom stereocenters. The van der Waals surface area contributed by atoms with E-state index in [0.29, 0.717) is 16.8 Å². The van der Waals surface area contributed by atoms with Crippen LogP contribution in [-0.2, 0) is 4.79 Å². The van der Waals surface area contributed by atoms with Crippen LogP contribution in [0.5, 0.6) is 0 Å². The minimum atomic E-state index is -0.633. The van der Waals surface area contributed by atoms with Gasteiger partial charge in [-0.2, -0.15) is 0 Å². The van der Waals surface area contributed by atoms with Gasteiger partial charge in [-0.25, -0.2) is 0 Å². The van der Waals surface area contributed by atoms with Gasteiger partial charge in [-0.3, -0.25) is 9.59 Å². The van der Waals surface area contributed by atoms with Crippen molar-refractivity contribution in [2.24, 2.45) is 0 Å². The number of amides is 1. The number of hydrogen-bond acceptors (Lipinski definition) is 3. The van der Waals surface area contributed by atoms with Gasteiger partial charge in [0.1, 0.15) is 0 Å². The van der Waals surface area contributed by atoms with E-state index in [1.807, 2.05) is 18.2 Å². The number of aliphatic hydroxyl groups excluding tert-OH is 1. The molecule has 2 aromatic carbocycles. The Morgan fingerprint density at radius 1 is 1.05 bits per heavy atom. The molecule has 3 rings (SSSR count). The number of carbonyl (C=O) groups is 2. The summed E-state index contributed by atoms with van der Waals surface area (Å²) >= 11 is 0. The Morgan fingerprint density at radius 2 is 1.76 bits per heavy atom. The van der Waals surface area contributed by atoms with Crippen molar-refractivity contribution in [3.63, 3.8) is 0 Å². The van der Waals surface area contributed by atoms with Gasteiger partial charge in [0.25, 0.3) is 0 Å². The van der Waals surface area contributed by atoms with E-state index in [0.717, 1.165) is 0 Å². The van der Waals surface area contributed by atoms with Crippen molar-refractivity contribution in [2.75, 3.05) is 11.4 Å². The molecule has 106 valence electrons. The lowest BCUT2D eigenvalue weighted by Gasteiger charge is -2.16. The molecule has 21 heavy (non-hydrogen) atoms. The second kappa shape index (κ2) is 5.50. The topological polar surface area (TPSA) is 57.6 Å². The van der Waals surface area contributed by atoms with E-state index in [4.69, 9.17) is 0 Å². The number of β-amino-alcohol motifs (C(OH)–C–C–N with tert-alkyl or cyclic N) is 1. The molecular formula is C17H15NO3. The number of benzene rings is 2. The van der Waals surface area contributed by atoms with Crippen LogP contribution in [-0.4, -0.2) is 29.4 Å². The minimum Gasteiger partial charge on any atom is -0.391 e. The summed E-state index contributed by atoms with van der Waals surface area (Å²) in [7, 11) is 0. The average Bonchev–Trinajstić information content (AvgIpc) is 2.86. The fourth-order valence-corrected chi connectivity index (χ4v) is 2.51. The summed E-state index contributed by atoms with van der Waals surface area (Å²) in [6.07, 6.45) is -0.498. The van der Waals surface area contributed by atoms with Crippen LogP contribution in [0.25, 0.3) is 0 Å². The maximum atomic E-state index is 12.4. The number of hydrogen-bond donors (Lipinski definition) is 1. The number of aliphatic hydroxyl groups is 1. The van der Waals surface area contributed by atoms with E-state index in [2.05, 4.69) is 0 Å². The van der Waals surface area contributed by atoms with Gasteiger partial charge in [0, 0.05) is 16.8 Å². The lowest BCUT2D eigenvalue weighted by atomic mass is 10.0. The Morgan fingerprint density at radius 3 is 2.43 bits per heavy atom. The molecule has 0 aliphatic carbocycles. The zero-order valence-corrected chi connectivity index (χ0v) is 11.4. The Hall–Kier alpha value is -2.46. The molecule has 0 spiro atoms. The highest BCUT2D eigenvalue weighted by molar-refractivity contribution is 6.10. The molecule has 1 N–H and O–H groups in total. The second-order valence-electron chi connectivity index (χ2n) is 5.11. The highest BCUT2D eigenvalue weighted by Crippen LogP contribution is 2.23. The molecule has 1 saturated heterocycles. The molecule has 0 bridgehead atoms. The zero-order chi connectivity index (χ0) is 14.8. The molecule has 1 amide bonds. The maximum Gasteiger partial charge on any atom is 0.229 e. The SMILES string of the molecule is O=C(c1ccccc1)c1cccc(N2CC(O)CC2=O)c1. The molecular weight excluding hydrogens is 266 g/mol. The van der Waals surface area contributed by atoms with Crippen LogP contribution in [0.1, 0.15) is 22.3 Å². The summed E-state index contributed by atoms with van der Waals surface area (Å²) in [6.45, 7) is 0.280. The van der Waals surface area contributed by atoms with Crippen molar-refractivity contribution in [1.82, 2.24) is 0 Å². The highest BCUT2D eigenvalue weighted by Gasteiger charge is 2.29. The van der Waals surface area contributed by atoms with E-state index in [9.17, 15) is 14.7 Å². The Bertz CT molecular complexity index is 681. The summed E-state index contributed by atoms with van der Waals surface area (Å²) in [4.78, 5) is 25.7. The first kappa shape index (κ1) is 13.5. The number of rotatable bonds is 3. The predicted octanol–water partition coefficient (Wildman–Crippen LogP) is 2.02. The van der Waals surface area contributed by atoms with Crippen LogP contribution in [0.15, 0.2) is 54.6 Å². The average molecular weight is 281 g/mol. The van der Waals surface area contributed by atoms with Crippen LogP contribution in [0.2, 0.25) is 0 Å². The van der Waals surface area contributed by atoms with Gasteiger partial charge >= 0.3 is 0 Å². The fraction of sp³-hybridized carbons (Fsp3) is 0.176. The molecule has 1 heterocycles. The van der Waals surface area contributed by atoms with Gasteiger partial charge in [-0.15, -0.1) is 0 Å². The molecule has 1 aliphatic rings. The van der Waals surface area contributed by atoms with Gasteiger partial charge in [0.15, 0.2) is 5.78 Å². The van der Waals surface area contributed by atoms with E-state index >= 15 is 0 Å². The largest absolute Gasteiger partial charge is 0.391 e. The quantitative estimate of drug-likeness (QED) is 0.876. The lowest BCUT2D eigenvalue weighted by Crippen LogP contribution is -2.25. The first-order chi connectivity index (χ1) is 10.1. The van der Waals surface area contributed by atoms with Gasteiger partial charge in [0.2, 0.25) is 5.91 Å². The van der Waals surface area contributed by atoms with Crippen molar-refractivity contribution in [3.05, 3.63) is 65.7 Å². The van der Waals surface area contributed by atoms with Gasteiger partial charge < -0.3 is 10.0 Å². The molecule has 4 nitrogen and oxygen atoms in total. The summed E-state index contributed by atoms with van der Waals surface area (Å²) in [6, 6.07) is 16.0. The molecule has 0 saturated carbocycles. The number of ketones is 1. The molecule has 1 atom stereocenters. The van der Waals surface area contributed by atoms with Crippen molar-refractivity contribution >= 4 is 17.4 Å². The smallest absolute Gasteiger partial charge is 0.229 e. The van der Waals surface area contributed by atoms with Gasteiger partial charge in [-0.05, 0) is 12.1 Å². The third kappa shape index (κ3) is 2.71. The second-order valence-corrected chi connectivity index (χ2v) is 5.11. The van der Waals surface area contributed by atoms with Crippen LogP contribution in [0.4, 0.5) is 5.69 Å². The fourth-order valence-electron chi connectivity index (χ4n) is 2.51. The molecule has 0 radical (unpaired) electrons. The lowest BCUT2D eigenvalue weighted by molar-refractivity contribution is -0.117. The van der Waals surface area contributed by atoms with E-state index in [1.165, 1.54) is 4.90 Å². The van der Waals surface area contributed by atoms with Crippen LogP contribution in [0, 0.1) is 0 Å². The van der Waals surface area contributed by atoms with Crippen LogP contribution >= 0.6 is 0 Å². The third-order valence-corrected chi connectivity index (χ3v) is 3.56. The van der Waals surface area contributed by atoms with Crippen molar-refractivity contribution in [1.29, 1.82) is 0 Å². The first-order valence-electron chi connectivity index (χ1n) is 6.83. The number of anilines is 1. The highest BCUT2D eigenvalue weighted by atomic mass is 16.3. The number of carbonyl (C=O) groups excluding carboxylic acids is 2. The molecule has 0 aromatic heterocycles. The van der Waals surface area contributed by atoms with Gasteiger partial charge in [0.05, 0.1) is 19.1 Å². The normalized spacial score (nSPS) is 18.0. The number of nitrogens with zero attached hydrogens (tertiary/aromatic N) is 1. The van der Waals surface area contributed by atoms with Crippen molar-refractivity contribution < 1.29 is 14.7 Å². The monoisotopic (exact) mass is 281 g/mol. The van der Waals surface area contributed by atoms with E-state index in [1.54, 1.807) is 36.4 Å². The van der Waals surface area contributed by atoms with Gasteiger partial charge in [-0.1, -0.05) is 42.5 Å². The Balaban J connectivity index is 1.90. The first-order valence-corrected chi connectivity index (χ1v) is 6.83. The van der Waals surface area contributed by atoms with Crippen LogP contribution in [0.3, 0.4) is 0 Å².